The zero-order valence-electron chi connectivity index (χ0n) is 66.1. The maximum atomic E-state index is 12.4. The predicted octanol–water partition coefficient (Wildman–Crippen LogP) is 13.0. The summed E-state index contributed by atoms with van der Waals surface area (Å²) in [6.07, 6.45) is 52.2. The molecular weight excluding hydrogens is 1480 g/mol. The van der Waals surface area contributed by atoms with Gasteiger partial charge in [-0.1, -0.05) is 253 Å². The molecule has 0 aliphatic heterocycles. The first kappa shape index (κ1) is 102. The number of unbranched alkanes of at least 4 members (excludes halogenated alkanes) is 37. The number of ketones is 2. The molecule has 1 rings (SSSR count). The van der Waals surface area contributed by atoms with Crippen LogP contribution in [0.3, 0.4) is 0 Å². The van der Waals surface area contributed by atoms with Crippen molar-refractivity contribution in [2.24, 2.45) is 5.92 Å². The number of hydrogen-bond acceptors (Lipinski definition) is 19. The zero-order chi connectivity index (χ0) is 79.6. The van der Waals surface area contributed by atoms with Gasteiger partial charge in [0, 0.05) is 58.2 Å². The van der Waals surface area contributed by atoms with E-state index in [0.717, 1.165) is 31.5 Å². The quantitative estimate of drug-likeness (QED) is 0.0216. The average molecular weight is 1620 g/mol. The largest absolute Gasteiger partial charge is 0.481 e. The minimum Gasteiger partial charge on any atom is -0.481 e. The molecule has 1 aromatic rings. The van der Waals surface area contributed by atoms with Gasteiger partial charge in [0.2, 0.25) is 39.6 Å². The molecular formula is C78H142BrN9O19S. The molecule has 0 fully saturated rings. The fourth-order valence-electron chi connectivity index (χ4n) is 12.1. The van der Waals surface area contributed by atoms with Crippen molar-refractivity contribution in [3.8, 4) is 0 Å². The number of aromatic nitrogens is 4. The first-order chi connectivity index (χ1) is 52.2. The molecule has 108 heavy (non-hydrogen) atoms. The number of aryl methyl sites for hydroxylation is 1. The first-order valence-electron chi connectivity index (χ1n) is 41.1. The summed E-state index contributed by atoms with van der Waals surface area (Å²) in [6.45, 7) is 4.37. The summed E-state index contributed by atoms with van der Waals surface area (Å²) in [6, 6.07) is -2.06. The number of alkyl halides is 1. The van der Waals surface area contributed by atoms with Gasteiger partial charge in [0.25, 0.3) is 0 Å². The maximum Gasteiger partial charge on any atom is 0.326 e. The Bertz CT molecular complexity index is 2580. The lowest BCUT2D eigenvalue weighted by atomic mass is 9.97. The van der Waals surface area contributed by atoms with Crippen molar-refractivity contribution in [3.63, 3.8) is 0 Å². The monoisotopic (exact) mass is 1620 g/mol. The second kappa shape index (κ2) is 74.2. The van der Waals surface area contributed by atoms with E-state index >= 15 is 0 Å². The van der Waals surface area contributed by atoms with E-state index in [2.05, 4.69) is 62.5 Å². The minimum absolute atomic E-state index is 0.0368. The molecule has 0 radical (unpaired) electrons. The van der Waals surface area contributed by atoms with Gasteiger partial charge >= 0.3 is 17.9 Å². The highest BCUT2D eigenvalue weighted by molar-refractivity contribution is 9.09. The van der Waals surface area contributed by atoms with E-state index in [1.54, 1.807) is 6.92 Å². The molecule has 0 saturated heterocycles. The molecule has 1 heterocycles. The molecule has 2 unspecified atom stereocenters. The van der Waals surface area contributed by atoms with E-state index in [1.165, 1.54) is 219 Å². The smallest absolute Gasteiger partial charge is 0.326 e. The van der Waals surface area contributed by atoms with Gasteiger partial charge in [0.05, 0.1) is 50.0 Å². The Morgan fingerprint density at radius 3 is 1.31 bits per heavy atom. The number of hydrogen-bond donors (Lipinski definition) is 9. The van der Waals surface area contributed by atoms with Crippen LogP contribution in [0.4, 0.5) is 0 Å². The van der Waals surface area contributed by atoms with Gasteiger partial charge in [-0.3, -0.25) is 38.3 Å². The number of ether oxygens (including phenoxy) is 4. The highest BCUT2D eigenvalue weighted by Crippen LogP contribution is 2.19. The lowest BCUT2D eigenvalue weighted by Gasteiger charge is -2.14. The number of halogens is 1. The Kier molecular flexibility index (Phi) is 70.4. The molecule has 0 aliphatic rings. The van der Waals surface area contributed by atoms with Crippen LogP contribution in [-0.2, 0) is 83.3 Å². The van der Waals surface area contributed by atoms with Crippen molar-refractivity contribution in [3.05, 3.63) is 5.82 Å². The van der Waals surface area contributed by atoms with Crippen LogP contribution < -0.4 is 26.0 Å². The van der Waals surface area contributed by atoms with Crippen molar-refractivity contribution >= 4 is 85.0 Å². The highest BCUT2D eigenvalue weighted by Gasteiger charge is 2.25. The predicted molar refractivity (Wildman–Crippen MR) is 421 cm³/mol. The number of aromatic amines is 1. The zero-order valence-corrected chi connectivity index (χ0v) is 68.5. The number of Topliss-reactive ketones (excluding diaryl/α,β-unsaturated/α-hetero) is 2. The number of carbonyl (C=O) groups is 10. The van der Waals surface area contributed by atoms with Crippen LogP contribution in [0.5, 0.6) is 0 Å². The van der Waals surface area contributed by atoms with Gasteiger partial charge in [-0.25, -0.2) is 18.0 Å². The van der Waals surface area contributed by atoms with Crippen LogP contribution in [0.15, 0.2) is 0 Å². The summed E-state index contributed by atoms with van der Waals surface area (Å²) >= 11 is 3.03. The van der Waals surface area contributed by atoms with E-state index in [1.807, 2.05) is 0 Å². The topological polar surface area (TPSA) is 417 Å². The molecule has 0 saturated carbocycles. The summed E-state index contributed by atoms with van der Waals surface area (Å²) in [5, 5.41) is 52.0. The molecule has 0 bridgehead atoms. The number of carboxylic acid groups (broad SMARTS) is 3. The third-order valence-corrected chi connectivity index (χ3v) is 20.4. The minimum atomic E-state index is -3.84. The van der Waals surface area contributed by atoms with Crippen LogP contribution in [0.1, 0.15) is 334 Å². The van der Waals surface area contributed by atoms with Gasteiger partial charge in [-0.15, -0.1) is 10.2 Å². The molecule has 1 aromatic heterocycles. The van der Waals surface area contributed by atoms with Gasteiger partial charge in [0.1, 0.15) is 31.1 Å². The third-order valence-electron chi connectivity index (χ3n) is 18.5. The molecule has 0 aromatic carbocycles. The summed E-state index contributed by atoms with van der Waals surface area (Å²) < 4.78 is 47.9. The van der Waals surface area contributed by atoms with Crippen molar-refractivity contribution < 1.29 is 90.6 Å². The standard InChI is InChI=1S/C61H113N7O12S.C17H29BrN2O7/c1-2-55(61(75)76)63-58(71)45-44-53(60(73)74)51-54(69)52-80-49-48-79-47-46-62-57(70)43-40-50-81(77,78)66-59(72)42-39-37-35-33-31-29-27-25-23-21-19-17-15-13-11-9-7-5-3-4-6-8-10-12-14-16-18-20-22-24-26-28-30-32-34-36-38-41-56-64-67-68-65-56;1-13(21)5-4-8-26-9-10-27-12-16(23)20-14(17(24)25)6-2-3-7-19-15(22)11-18/h53,55H,2-52H2,1H3,(H,62,70)(H,63,71)(H,66,72)(H,73,74)(H,75,76)(H,64,65,67,68);14H,2-12H2,1H3,(H,19,22)(H,20,23)(H,24,25)/t53-,55?;/m1./s1. The highest BCUT2D eigenvalue weighted by atomic mass is 79.9. The second-order valence-corrected chi connectivity index (χ2v) is 30.9. The maximum absolute atomic E-state index is 12.4. The van der Waals surface area contributed by atoms with Crippen LogP contribution in [0.25, 0.3) is 0 Å². The Morgan fingerprint density at radius 2 is 0.861 bits per heavy atom. The summed E-state index contributed by atoms with van der Waals surface area (Å²) in [5.74, 6) is -6.66. The van der Waals surface area contributed by atoms with E-state index in [4.69, 9.17) is 29.2 Å². The average Bonchev–Trinajstić information content (AvgIpc) is 0.937. The Balaban J connectivity index is 0.00000355. The molecule has 5 amide bonds. The first-order valence-corrected chi connectivity index (χ1v) is 43.9. The van der Waals surface area contributed by atoms with Crippen LogP contribution in [0, 0.1) is 5.92 Å². The number of carboxylic acids is 3. The van der Waals surface area contributed by atoms with Crippen molar-refractivity contribution in [2.45, 2.75) is 347 Å². The van der Waals surface area contributed by atoms with Crippen molar-refractivity contribution in [2.75, 3.05) is 77.0 Å². The number of amides is 5. The molecule has 0 aliphatic carbocycles. The van der Waals surface area contributed by atoms with Crippen LogP contribution in [-0.4, -0.2) is 192 Å². The number of nitrogens with zero attached hydrogens (tertiary/aromatic N) is 3. The summed E-state index contributed by atoms with van der Waals surface area (Å²) in [7, 11) is -3.84. The summed E-state index contributed by atoms with van der Waals surface area (Å²) in [5.41, 5.74) is 0. The second-order valence-electron chi connectivity index (χ2n) is 28.5. The number of aliphatic carboxylic acids is 3. The third kappa shape index (κ3) is 70.8. The van der Waals surface area contributed by atoms with Crippen LogP contribution in [0.2, 0.25) is 0 Å². The van der Waals surface area contributed by atoms with Crippen LogP contribution >= 0.6 is 15.9 Å². The van der Waals surface area contributed by atoms with E-state index in [9.17, 15) is 61.5 Å². The van der Waals surface area contributed by atoms with E-state index in [-0.39, 0.29) is 126 Å². The number of tetrazole rings is 1. The number of rotatable bonds is 79. The number of carbonyl (C=O) groups excluding carboxylic acids is 7. The Morgan fingerprint density at radius 1 is 0.426 bits per heavy atom. The lowest BCUT2D eigenvalue weighted by Crippen LogP contribution is -2.42. The number of H-pyrrole nitrogens is 1. The summed E-state index contributed by atoms with van der Waals surface area (Å²) in [4.78, 5) is 116. The van der Waals surface area contributed by atoms with E-state index < -0.39 is 69.4 Å². The molecule has 3 atom stereocenters. The number of sulfonamides is 1. The Hall–Kier alpha value is -5.56. The Labute approximate surface area is 654 Å². The lowest BCUT2D eigenvalue weighted by molar-refractivity contribution is -0.145. The van der Waals surface area contributed by atoms with Crippen molar-refractivity contribution in [1.29, 1.82) is 0 Å². The van der Waals surface area contributed by atoms with Gasteiger partial charge in [-0.05, 0) is 64.7 Å². The SMILES string of the molecule is CC(=O)CCCOCCOCC(=O)NC(CCCCNC(=O)CBr)C(=O)O.CCC(NC(=O)CC[C@H](CC(=O)COCCOCCNC(=O)CCCS(=O)(=O)NC(=O)CCCCCCCCCCCCCCCCCCCCCCCCCCCCCCCCCCCCCCCc1nn[nH]n1)C(=O)O)C(=O)O. The normalized spacial score (nSPS) is 12.1. The number of nitrogens with one attached hydrogen (secondary N) is 6. The van der Waals surface area contributed by atoms with Gasteiger partial charge in [0.15, 0.2) is 11.6 Å². The molecule has 28 nitrogen and oxygen atoms in total. The van der Waals surface area contributed by atoms with Crippen molar-refractivity contribution in [1.82, 2.24) is 46.6 Å². The molecule has 626 valence electrons. The molecule has 9 N–H and O–H groups in total. The molecule has 0 spiro atoms. The van der Waals surface area contributed by atoms with Gasteiger partial charge in [-0.2, -0.15) is 5.21 Å². The molecule has 30 heteroatoms. The van der Waals surface area contributed by atoms with Gasteiger partial charge < -0.3 is 60.3 Å². The fourth-order valence-corrected chi connectivity index (χ4v) is 13.4. The fraction of sp³-hybridized carbons (Fsp3) is 0.859. The van der Waals surface area contributed by atoms with E-state index in [0.29, 0.717) is 51.9 Å².